The van der Waals surface area contributed by atoms with Crippen molar-refractivity contribution in [3.05, 3.63) is 21.4 Å². The number of carbonyl (C=O) groups is 2. The van der Waals surface area contributed by atoms with Crippen molar-refractivity contribution in [2.24, 2.45) is 11.5 Å². The average Bonchev–Trinajstić information content (AvgIpc) is 2.62. The monoisotopic (exact) mass is 240 g/mol. The van der Waals surface area contributed by atoms with Gasteiger partial charge in [-0.2, -0.15) is 0 Å². The fraction of sp³-hybridized carbons (Fsp3) is 0.455. The van der Waals surface area contributed by atoms with E-state index in [0.29, 0.717) is 9.75 Å². The first-order valence-corrected chi connectivity index (χ1v) is 6.10. The number of thiophene rings is 1. The molecule has 0 spiro atoms. The summed E-state index contributed by atoms with van der Waals surface area (Å²) in [6.45, 7) is 2.11. The maximum atomic E-state index is 11.2. The molecule has 1 heterocycles. The lowest BCUT2D eigenvalue weighted by Gasteiger charge is -1.99. The normalized spacial score (nSPS) is 10.3. The molecule has 0 fully saturated rings. The molecule has 0 saturated carbocycles. The zero-order chi connectivity index (χ0) is 12.1. The van der Waals surface area contributed by atoms with Gasteiger partial charge in [-0.3, -0.25) is 9.59 Å². The summed E-state index contributed by atoms with van der Waals surface area (Å²) in [6.07, 6.45) is 3.97. The van der Waals surface area contributed by atoms with Crippen molar-refractivity contribution < 1.29 is 9.59 Å². The van der Waals surface area contributed by atoms with Gasteiger partial charge in [0.05, 0.1) is 9.75 Å². The number of amides is 2. The summed E-state index contributed by atoms with van der Waals surface area (Å²) in [5.41, 5.74) is 11.3. The predicted molar refractivity (Wildman–Crippen MR) is 64.6 cm³/mol. The zero-order valence-electron chi connectivity index (χ0n) is 9.29. The number of nitrogens with two attached hydrogens (primary N) is 2. The van der Waals surface area contributed by atoms with Crippen molar-refractivity contribution in [3.8, 4) is 0 Å². The van der Waals surface area contributed by atoms with Crippen molar-refractivity contribution in [2.45, 2.75) is 32.6 Å². The molecular weight excluding hydrogens is 224 g/mol. The zero-order valence-corrected chi connectivity index (χ0v) is 10.1. The van der Waals surface area contributed by atoms with Crippen LogP contribution in [0.3, 0.4) is 0 Å². The quantitative estimate of drug-likeness (QED) is 0.741. The molecule has 0 aromatic carbocycles. The highest BCUT2D eigenvalue weighted by Gasteiger charge is 2.15. The summed E-state index contributed by atoms with van der Waals surface area (Å²) in [7, 11) is 0. The first-order valence-electron chi connectivity index (χ1n) is 5.28. The third kappa shape index (κ3) is 3.06. The maximum Gasteiger partial charge on any atom is 0.259 e. The standard InChI is InChI=1S/C11H16N2O2S/c1-2-3-4-5-7-6-8(10(12)14)16-9(7)11(13)15/h6H,2-5H2,1H3,(H2,12,14)(H2,13,15). The Morgan fingerprint density at radius 3 is 2.44 bits per heavy atom. The van der Waals surface area contributed by atoms with Crippen LogP contribution in [0.15, 0.2) is 6.07 Å². The third-order valence-corrected chi connectivity index (χ3v) is 3.53. The molecule has 0 unspecified atom stereocenters. The lowest BCUT2D eigenvalue weighted by molar-refractivity contribution is 0.0996. The fourth-order valence-corrected chi connectivity index (χ4v) is 2.42. The highest BCUT2D eigenvalue weighted by molar-refractivity contribution is 7.16. The van der Waals surface area contributed by atoms with Gasteiger partial charge in [0.2, 0.25) is 0 Å². The van der Waals surface area contributed by atoms with E-state index in [1.54, 1.807) is 6.07 Å². The van der Waals surface area contributed by atoms with E-state index in [0.717, 1.165) is 42.6 Å². The number of carbonyl (C=O) groups excluding carboxylic acids is 2. The molecule has 0 aliphatic heterocycles. The minimum atomic E-state index is -0.505. The van der Waals surface area contributed by atoms with Gasteiger partial charge in [-0.25, -0.2) is 0 Å². The number of hydrogen-bond donors (Lipinski definition) is 2. The van der Waals surface area contributed by atoms with Crippen LogP contribution in [-0.2, 0) is 6.42 Å². The Kier molecular flexibility index (Phi) is 4.49. The van der Waals surface area contributed by atoms with E-state index in [9.17, 15) is 9.59 Å². The Balaban J connectivity index is 2.87. The number of aryl methyl sites for hydroxylation is 1. The highest BCUT2D eigenvalue weighted by Crippen LogP contribution is 2.23. The lowest BCUT2D eigenvalue weighted by atomic mass is 10.1. The van der Waals surface area contributed by atoms with Crippen LogP contribution >= 0.6 is 11.3 Å². The number of rotatable bonds is 6. The topological polar surface area (TPSA) is 86.2 Å². The fourth-order valence-electron chi connectivity index (χ4n) is 1.51. The summed E-state index contributed by atoms with van der Waals surface area (Å²) in [6, 6.07) is 1.68. The second-order valence-electron chi connectivity index (χ2n) is 3.65. The van der Waals surface area contributed by atoms with Crippen LogP contribution in [0.1, 0.15) is 51.1 Å². The molecule has 1 rings (SSSR count). The van der Waals surface area contributed by atoms with Crippen LogP contribution in [0, 0.1) is 0 Å². The maximum absolute atomic E-state index is 11.2. The molecule has 0 radical (unpaired) electrons. The van der Waals surface area contributed by atoms with Crippen molar-refractivity contribution >= 4 is 23.2 Å². The molecule has 1 aromatic rings. The van der Waals surface area contributed by atoms with Crippen LogP contribution < -0.4 is 11.5 Å². The van der Waals surface area contributed by atoms with Gasteiger partial charge in [0.25, 0.3) is 11.8 Å². The summed E-state index contributed by atoms with van der Waals surface area (Å²) in [4.78, 5) is 23.0. The number of unbranched alkanes of at least 4 members (excludes halogenated alkanes) is 2. The molecular formula is C11H16N2O2S. The molecule has 16 heavy (non-hydrogen) atoms. The summed E-state index contributed by atoms with van der Waals surface area (Å²) in [5, 5.41) is 0. The molecule has 0 saturated heterocycles. The largest absolute Gasteiger partial charge is 0.365 e. The van der Waals surface area contributed by atoms with Crippen LogP contribution in [0.25, 0.3) is 0 Å². The Hall–Kier alpha value is -1.36. The van der Waals surface area contributed by atoms with E-state index in [4.69, 9.17) is 11.5 Å². The Morgan fingerprint density at radius 2 is 1.94 bits per heavy atom. The minimum absolute atomic E-state index is 0.403. The van der Waals surface area contributed by atoms with Crippen molar-refractivity contribution in [2.75, 3.05) is 0 Å². The van der Waals surface area contributed by atoms with Gasteiger partial charge in [-0.05, 0) is 24.5 Å². The first-order chi connectivity index (χ1) is 7.56. The van der Waals surface area contributed by atoms with E-state index in [1.807, 2.05) is 0 Å². The van der Waals surface area contributed by atoms with Gasteiger partial charge in [0, 0.05) is 0 Å². The molecule has 88 valence electrons. The SMILES string of the molecule is CCCCCc1cc(C(N)=O)sc1C(N)=O. The first kappa shape index (κ1) is 12.7. The van der Waals surface area contributed by atoms with Crippen LogP contribution in [0.5, 0.6) is 0 Å². The second-order valence-corrected chi connectivity index (χ2v) is 4.70. The second kappa shape index (κ2) is 5.65. The van der Waals surface area contributed by atoms with Gasteiger partial charge in [0.15, 0.2) is 0 Å². The van der Waals surface area contributed by atoms with Crippen LogP contribution in [0.2, 0.25) is 0 Å². The summed E-state index contributed by atoms with van der Waals surface area (Å²) >= 11 is 1.08. The number of primary amides is 2. The molecule has 4 N–H and O–H groups in total. The molecule has 0 aliphatic carbocycles. The number of hydrogen-bond acceptors (Lipinski definition) is 3. The van der Waals surface area contributed by atoms with Crippen molar-refractivity contribution in [3.63, 3.8) is 0 Å². The minimum Gasteiger partial charge on any atom is -0.365 e. The average molecular weight is 240 g/mol. The smallest absolute Gasteiger partial charge is 0.259 e. The Morgan fingerprint density at radius 1 is 1.25 bits per heavy atom. The lowest BCUT2D eigenvalue weighted by Crippen LogP contribution is -2.11. The Labute approximate surface area is 98.6 Å². The van der Waals surface area contributed by atoms with Crippen LogP contribution in [-0.4, -0.2) is 11.8 Å². The molecule has 0 atom stereocenters. The highest BCUT2D eigenvalue weighted by atomic mass is 32.1. The molecule has 4 nitrogen and oxygen atoms in total. The molecule has 0 aliphatic rings. The Bertz CT molecular complexity index is 399. The van der Waals surface area contributed by atoms with E-state index in [1.165, 1.54) is 0 Å². The predicted octanol–water partition coefficient (Wildman–Crippen LogP) is 1.68. The summed E-state index contributed by atoms with van der Waals surface area (Å²) in [5.74, 6) is -0.988. The van der Waals surface area contributed by atoms with E-state index >= 15 is 0 Å². The van der Waals surface area contributed by atoms with Crippen molar-refractivity contribution in [1.82, 2.24) is 0 Å². The molecule has 2 amide bonds. The van der Waals surface area contributed by atoms with Crippen LogP contribution in [0.4, 0.5) is 0 Å². The van der Waals surface area contributed by atoms with Crippen molar-refractivity contribution in [1.29, 1.82) is 0 Å². The van der Waals surface area contributed by atoms with Gasteiger partial charge >= 0.3 is 0 Å². The summed E-state index contributed by atoms with van der Waals surface area (Å²) < 4.78 is 0. The van der Waals surface area contributed by atoms with Gasteiger partial charge < -0.3 is 11.5 Å². The van der Waals surface area contributed by atoms with E-state index < -0.39 is 11.8 Å². The van der Waals surface area contributed by atoms with Gasteiger partial charge in [0.1, 0.15) is 0 Å². The third-order valence-electron chi connectivity index (χ3n) is 2.33. The van der Waals surface area contributed by atoms with Gasteiger partial charge in [-0.15, -0.1) is 11.3 Å². The van der Waals surface area contributed by atoms with E-state index in [2.05, 4.69) is 6.92 Å². The van der Waals surface area contributed by atoms with E-state index in [-0.39, 0.29) is 0 Å². The molecule has 5 heteroatoms. The molecule has 0 bridgehead atoms. The van der Waals surface area contributed by atoms with Gasteiger partial charge in [-0.1, -0.05) is 19.8 Å². The molecule has 1 aromatic heterocycles.